The SMILES string of the molecule is C[C@@H](C(=O)O)[C@@H](O)C[C@H](O)COP(=O)(O)O. The van der Waals surface area contributed by atoms with E-state index in [1.165, 1.54) is 6.92 Å². The molecule has 0 amide bonds. The topological polar surface area (TPSA) is 145 Å². The molecule has 0 radical (unpaired) electrons. The fraction of sp³-hybridized carbons (Fsp3) is 0.857. The number of aliphatic hydroxyl groups is 2. The summed E-state index contributed by atoms with van der Waals surface area (Å²) < 4.78 is 14.3. The molecule has 0 bridgehead atoms. The Balaban J connectivity index is 4.00. The maximum absolute atomic E-state index is 10.4. The minimum atomic E-state index is -4.66. The number of hydrogen-bond acceptors (Lipinski definition) is 5. The van der Waals surface area contributed by atoms with Gasteiger partial charge in [-0.25, -0.2) is 4.57 Å². The minimum Gasteiger partial charge on any atom is -0.481 e. The number of phosphoric acid groups is 1. The van der Waals surface area contributed by atoms with Crippen molar-refractivity contribution >= 4 is 13.8 Å². The fourth-order valence-corrected chi connectivity index (χ4v) is 1.26. The number of rotatable bonds is 7. The van der Waals surface area contributed by atoms with Gasteiger partial charge in [-0.15, -0.1) is 0 Å². The van der Waals surface area contributed by atoms with Crippen molar-refractivity contribution in [2.24, 2.45) is 5.92 Å². The number of aliphatic carboxylic acids is 1. The second kappa shape index (κ2) is 6.29. The molecule has 0 spiro atoms. The summed E-state index contributed by atoms with van der Waals surface area (Å²) in [5, 5.41) is 27.0. The number of carboxylic acids is 1. The van der Waals surface area contributed by atoms with Gasteiger partial charge in [0.25, 0.3) is 0 Å². The van der Waals surface area contributed by atoms with Crippen LogP contribution in [0.3, 0.4) is 0 Å². The highest BCUT2D eigenvalue weighted by molar-refractivity contribution is 7.46. The quantitative estimate of drug-likeness (QED) is 0.363. The summed E-state index contributed by atoms with van der Waals surface area (Å²) in [6.45, 7) is 0.581. The molecular formula is C7H15O8P. The molecule has 0 saturated heterocycles. The average molecular weight is 258 g/mol. The van der Waals surface area contributed by atoms with E-state index in [1.54, 1.807) is 0 Å². The first-order valence-electron chi connectivity index (χ1n) is 4.42. The smallest absolute Gasteiger partial charge is 0.469 e. The predicted octanol–water partition coefficient (Wildman–Crippen LogP) is -1.07. The Labute approximate surface area is 91.7 Å². The van der Waals surface area contributed by atoms with Crippen molar-refractivity contribution in [1.82, 2.24) is 0 Å². The molecule has 8 nitrogen and oxygen atoms in total. The third-order valence-corrected chi connectivity index (χ3v) is 2.40. The van der Waals surface area contributed by atoms with E-state index < -0.39 is 38.5 Å². The minimum absolute atomic E-state index is 0.340. The van der Waals surface area contributed by atoms with E-state index in [1.807, 2.05) is 0 Å². The second-order valence-corrected chi connectivity index (χ2v) is 4.61. The van der Waals surface area contributed by atoms with Crippen LogP contribution in [-0.4, -0.2) is 49.9 Å². The zero-order chi connectivity index (χ0) is 12.9. The molecule has 9 heteroatoms. The molecule has 0 heterocycles. The van der Waals surface area contributed by atoms with Crippen LogP contribution in [0.5, 0.6) is 0 Å². The molecule has 0 rings (SSSR count). The van der Waals surface area contributed by atoms with E-state index in [0.717, 1.165) is 0 Å². The van der Waals surface area contributed by atoms with Gasteiger partial charge in [0.1, 0.15) is 0 Å². The molecule has 96 valence electrons. The molecule has 16 heavy (non-hydrogen) atoms. The molecule has 0 fully saturated rings. The van der Waals surface area contributed by atoms with Crippen LogP contribution in [0, 0.1) is 5.92 Å². The Hall–Kier alpha value is -0.500. The second-order valence-electron chi connectivity index (χ2n) is 3.37. The largest absolute Gasteiger partial charge is 0.481 e. The molecule has 0 aromatic heterocycles. The molecule has 0 aromatic rings. The van der Waals surface area contributed by atoms with Crippen LogP contribution in [0.15, 0.2) is 0 Å². The van der Waals surface area contributed by atoms with Crippen LogP contribution in [0.1, 0.15) is 13.3 Å². The zero-order valence-corrected chi connectivity index (χ0v) is 9.45. The highest BCUT2D eigenvalue weighted by Crippen LogP contribution is 2.35. The summed E-state index contributed by atoms with van der Waals surface area (Å²) in [4.78, 5) is 27.1. The number of hydrogen-bond donors (Lipinski definition) is 5. The molecular weight excluding hydrogens is 243 g/mol. The molecule has 0 unspecified atom stereocenters. The molecule has 0 aliphatic carbocycles. The number of carbonyl (C=O) groups is 1. The maximum Gasteiger partial charge on any atom is 0.469 e. The van der Waals surface area contributed by atoms with E-state index in [0.29, 0.717) is 0 Å². The van der Waals surface area contributed by atoms with Gasteiger partial charge in [-0.2, -0.15) is 0 Å². The Morgan fingerprint density at radius 1 is 1.38 bits per heavy atom. The number of aliphatic hydroxyl groups excluding tert-OH is 2. The molecule has 0 aliphatic heterocycles. The van der Waals surface area contributed by atoms with E-state index in [4.69, 9.17) is 14.9 Å². The lowest BCUT2D eigenvalue weighted by molar-refractivity contribution is -0.145. The van der Waals surface area contributed by atoms with E-state index in [-0.39, 0.29) is 6.42 Å². The van der Waals surface area contributed by atoms with Crippen LogP contribution < -0.4 is 0 Å². The Bertz CT molecular complexity index is 274. The van der Waals surface area contributed by atoms with Gasteiger partial charge in [0.15, 0.2) is 0 Å². The standard InChI is InChI=1S/C7H15O8P/c1-4(7(10)11)6(9)2-5(8)3-15-16(12,13)14/h4-6,8-9H,2-3H2,1H3,(H,10,11)(H2,12,13,14)/t4-,5+,6+/m1/s1. The van der Waals surface area contributed by atoms with Crippen molar-refractivity contribution in [1.29, 1.82) is 0 Å². The lowest BCUT2D eigenvalue weighted by Gasteiger charge is -2.18. The summed E-state index contributed by atoms with van der Waals surface area (Å²) >= 11 is 0. The van der Waals surface area contributed by atoms with Gasteiger partial charge in [-0.3, -0.25) is 9.32 Å². The fourth-order valence-electron chi connectivity index (χ4n) is 0.899. The van der Waals surface area contributed by atoms with Crippen molar-refractivity contribution in [2.75, 3.05) is 6.61 Å². The summed E-state index contributed by atoms with van der Waals surface area (Å²) in [6.07, 6.45) is -3.00. The monoisotopic (exact) mass is 258 g/mol. The van der Waals surface area contributed by atoms with Crippen LogP contribution in [0.25, 0.3) is 0 Å². The number of phosphoric ester groups is 1. The van der Waals surface area contributed by atoms with E-state index in [9.17, 15) is 19.6 Å². The molecule has 3 atom stereocenters. The van der Waals surface area contributed by atoms with Crippen molar-refractivity contribution in [2.45, 2.75) is 25.6 Å². The Morgan fingerprint density at radius 3 is 2.25 bits per heavy atom. The third-order valence-electron chi connectivity index (χ3n) is 1.92. The molecule has 0 aromatic carbocycles. The molecule has 5 N–H and O–H groups in total. The maximum atomic E-state index is 10.4. The average Bonchev–Trinajstić information content (AvgIpc) is 2.12. The van der Waals surface area contributed by atoms with Crippen LogP contribution in [-0.2, 0) is 13.9 Å². The van der Waals surface area contributed by atoms with Gasteiger partial charge < -0.3 is 25.1 Å². The van der Waals surface area contributed by atoms with Crippen LogP contribution in [0.2, 0.25) is 0 Å². The van der Waals surface area contributed by atoms with Gasteiger partial charge in [0.2, 0.25) is 0 Å². The van der Waals surface area contributed by atoms with Gasteiger partial charge in [-0.05, 0) is 6.92 Å². The molecule has 0 aliphatic rings. The first-order valence-corrected chi connectivity index (χ1v) is 5.95. The van der Waals surface area contributed by atoms with Crippen LogP contribution >= 0.6 is 7.82 Å². The summed E-state index contributed by atoms with van der Waals surface area (Å²) in [5.41, 5.74) is 0. The zero-order valence-electron chi connectivity index (χ0n) is 8.55. The summed E-state index contributed by atoms with van der Waals surface area (Å²) in [6, 6.07) is 0. The first kappa shape index (κ1) is 15.5. The van der Waals surface area contributed by atoms with Gasteiger partial charge in [0, 0.05) is 6.42 Å². The van der Waals surface area contributed by atoms with Crippen molar-refractivity contribution in [3.05, 3.63) is 0 Å². The predicted molar refractivity (Wildman–Crippen MR) is 51.4 cm³/mol. The van der Waals surface area contributed by atoms with E-state index >= 15 is 0 Å². The Kier molecular flexibility index (Phi) is 6.09. The van der Waals surface area contributed by atoms with Crippen molar-refractivity contribution < 1.29 is 39.0 Å². The van der Waals surface area contributed by atoms with Crippen molar-refractivity contribution in [3.63, 3.8) is 0 Å². The van der Waals surface area contributed by atoms with Gasteiger partial charge >= 0.3 is 13.8 Å². The first-order chi connectivity index (χ1) is 7.13. The lowest BCUT2D eigenvalue weighted by Crippen LogP contribution is -2.30. The van der Waals surface area contributed by atoms with Crippen LogP contribution in [0.4, 0.5) is 0 Å². The highest BCUT2D eigenvalue weighted by atomic mass is 31.2. The summed E-state index contributed by atoms with van der Waals surface area (Å²) in [7, 11) is -4.66. The third kappa shape index (κ3) is 6.89. The number of carboxylic acid groups (broad SMARTS) is 1. The molecule has 0 saturated carbocycles. The summed E-state index contributed by atoms with van der Waals surface area (Å²) in [5.74, 6) is -2.31. The van der Waals surface area contributed by atoms with Crippen molar-refractivity contribution in [3.8, 4) is 0 Å². The normalized spacial score (nSPS) is 17.8. The lowest BCUT2D eigenvalue weighted by atomic mass is 10.00. The highest BCUT2D eigenvalue weighted by Gasteiger charge is 2.25. The van der Waals surface area contributed by atoms with Gasteiger partial charge in [0.05, 0.1) is 24.7 Å². The van der Waals surface area contributed by atoms with Gasteiger partial charge in [-0.1, -0.05) is 0 Å². The Morgan fingerprint density at radius 2 is 1.88 bits per heavy atom. The van der Waals surface area contributed by atoms with E-state index in [2.05, 4.69) is 4.52 Å².